The predicted molar refractivity (Wildman–Crippen MR) is 200 cm³/mol. The van der Waals surface area contributed by atoms with Gasteiger partial charge in [0.2, 0.25) is 0 Å². The van der Waals surface area contributed by atoms with Crippen molar-refractivity contribution in [3.8, 4) is 0 Å². The molecule has 1 aliphatic rings. The van der Waals surface area contributed by atoms with Crippen molar-refractivity contribution in [2.75, 3.05) is 0 Å². The van der Waals surface area contributed by atoms with Crippen LogP contribution in [0.5, 0.6) is 0 Å². The average molecular weight is 819 g/mol. The smallest absolute Gasteiger partial charge is 0.0255 e. The Hall–Kier alpha value is -2.52. The van der Waals surface area contributed by atoms with Gasteiger partial charge in [-0.3, -0.25) is 6.08 Å². The summed E-state index contributed by atoms with van der Waals surface area (Å²) < 4.78 is 3.62. The predicted octanol–water partition coefficient (Wildman–Crippen LogP) is 12.5. The number of rotatable bonds is 2. The molecule has 0 saturated carbocycles. The number of benzene rings is 6. The molecule has 0 amide bonds. The Morgan fingerprint density at radius 2 is 1.07 bits per heavy atom. The molecule has 0 spiro atoms. The minimum absolute atomic E-state index is 0. The Morgan fingerprint density at radius 3 is 1.57 bits per heavy atom. The first-order chi connectivity index (χ1) is 20.6. The molecule has 0 unspecified atom stereocenters. The number of fused-ring (bicyclic) bond motifs is 8. The third-order valence-corrected chi connectivity index (χ3v) is 9.83. The van der Waals surface area contributed by atoms with Gasteiger partial charge in [-0.15, -0.1) is 64.9 Å². The molecule has 0 aromatic heterocycles. The average Bonchev–Trinajstić information content (AvgIpc) is 3.75. The fraction of sp³-hybridized carbons (Fsp3) is 0.0256. The van der Waals surface area contributed by atoms with Crippen molar-refractivity contribution < 1.29 is 24.2 Å². The standard InChI is InChI=1S/C21H13.C13H8Br2.C5H5.2ClH.Zr/c1-2-8-15-14(7-1)13-20-18-11-4-3-9-16(18)17-10-5-6-12-19(17)21(15)20;14-12-5-1-10(2-6-12)9-11-3-7-13(15)8-4-11;1-2-4-5-3-1;;;/h1-13H;1-8H;1-3H,4H2;2*1H;/q-1;;-1;;;+2. The Kier molecular flexibility index (Phi) is 12.6. The van der Waals surface area contributed by atoms with Gasteiger partial charge in [0.25, 0.3) is 0 Å². The molecule has 0 bridgehead atoms. The summed E-state index contributed by atoms with van der Waals surface area (Å²) in [5.74, 6) is 0. The van der Waals surface area contributed by atoms with Gasteiger partial charge >= 0.3 is 128 Å². The molecule has 0 saturated heterocycles. The molecule has 0 nitrogen and oxygen atoms in total. The molecule has 44 heavy (non-hydrogen) atoms. The summed E-state index contributed by atoms with van der Waals surface area (Å²) >= 11 is 8.34. The molecule has 0 atom stereocenters. The van der Waals surface area contributed by atoms with Gasteiger partial charge in [-0.25, -0.2) is 12.2 Å². The molecule has 0 N–H and O–H groups in total. The summed E-state index contributed by atoms with van der Waals surface area (Å²) in [6.45, 7) is 0. The second-order valence-electron chi connectivity index (χ2n) is 10.0. The molecule has 0 heterocycles. The van der Waals surface area contributed by atoms with Crippen LogP contribution in [0.15, 0.2) is 155 Å². The zero-order valence-corrected chi connectivity index (χ0v) is 30.9. The molecule has 7 aromatic carbocycles. The molecule has 5 heteroatoms. The summed E-state index contributed by atoms with van der Waals surface area (Å²) in [7, 11) is 0. The second kappa shape index (κ2) is 16.2. The number of hydrogen-bond donors (Lipinski definition) is 0. The quantitative estimate of drug-likeness (QED) is 0.120. The molecule has 0 fully saturated rings. The second-order valence-corrected chi connectivity index (χ2v) is 13.1. The van der Waals surface area contributed by atoms with Crippen LogP contribution in [0.25, 0.3) is 43.1 Å². The fourth-order valence-electron chi connectivity index (χ4n) is 5.35. The normalized spacial score (nSPS) is 11.4. The molecule has 0 radical (unpaired) electrons. The van der Waals surface area contributed by atoms with Crippen molar-refractivity contribution >= 4 is 103 Å². The van der Waals surface area contributed by atoms with Crippen LogP contribution in [-0.2, 0) is 24.2 Å². The van der Waals surface area contributed by atoms with Crippen molar-refractivity contribution in [1.29, 1.82) is 0 Å². The molecule has 1 aliphatic carbocycles. The van der Waals surface area contributed by atoms with Crippen LogP contribution in [-0.4, -0.2) is 3.21 Å². The van der Waals surface area contributed by atoms with Crippen molar-refractivity contribution in [1.82, 2.24) is 0 Å². The molecular weight excluding hydrogens is 790 g/mol. The van der Waals surface area contributed by atoms with Crippen molar-refractivity contribution in [2.24, 2.45) is 0 Å². The first-order valence-electron chi connectivity index (χ1n) is 13.8. The van der Waals surface area contributed by atoms with E-state index >= 15 is 0 Å². The van der Waals surface area contributed by atoms with Crippen LogP contribution < -0.4 is 0 Å². The van der Waals surface area contributed by atoms with E-state index in [9.17, 15) is 0 Å². The van der Waals surface area contributed by atoms with E-state index in [1.54, 1.807) is 0 Å². The van der Waals surface area contributed by atoms with Crippen LogP contribution in [0.1, 0.15) is 17.5 Å². The van der Waals surface area contributed by atoms with E-state index in [1.807, 2.05) is 12.2 Å². The van der Waals surface area contributed by atoms with E-state index in [-0.39, 0.29) is 24.8 Å². The Bertz CT molecular complexity index is 2030. The van der Waals surface area contributed by atoms with Gasteiger partial charge in [-0.05, 0) is 10.8 Å². The first-order valence-corrected chi connectivity index (χ1v) is 16.6. The van der Waals surface area contributed by atoms with E-state index in [4.69, 9.17) is 0 Å². The van der Waals surface area contributed by atoms with Crippen molar-refractivity contribution in [3.05, 3.63) is 172 Å². The molecule has 8 rings (SSSR count). The first kappa shape index (κ1) is 34.4. The monoisotopic (exact) mass is 814 g/mol. The van der Waals surface area contributed by atoms with Gasteiger partial charge in [0, 0.05) is 0 Å². The summed E-state index contributed by atoms with van der Waals surface area (Å²) in [5.41, 5.74) is 2.59. The molecule has 0 aliphatic heterocycles. The third-order valence-electron chi connectivity index (χ3n) is 7.35. The van der Waals surface area contributed by atoms with Gasteiger partial charge < -0.3 is 0 Å². The van der Waals surface area contributed by atoms with E-state index in [0.29, 0.717) is 0 Å². The van der Waals surface area contributed by atoms with Crippen LogP contribution in [0, 0.1) is 6.08 Å². The Labute approximate surface area is 302 Å². The fourth-order valence-corrected chi connectivity index (χ4v) is 6.70. The zero-order chi connectivity index (χ0) is 28.9. The van der Waals surface area contributed by atoms with Crippen molar-refractivity contribution in [3.63, 3.8) is 0 Å². The van der Waals surface area contributed by atoms with Crippen LogP contribution >= 0.6 is 56.7 Å². The molecule has 7 aromatic rings. The summed E-state index contributed by atoms with van der Waals surface area (Å²) in [6.07, 6.45) is 10.0. The molecular formula is C39H28Br2Cl2Zr. The third kappa shape index (κ3) is 7.64. The van der Waals surface area contributed by atoms with Crippen molar-refractivity contribution in [2.45, 2.75) is 6.42 Å². The number of allylic oxidation sites excluding steroid dienone is 4. The maximum atomic E-state index is 3.45. The number of halogens is 4. The van der Waals surface area contributed by atoms with Gasteiger partial charge in [0.1, 0.15) is 0 Å². The van der Waals surface area contributed by atoms with Gasteiger partial charge in [0.15, 0.2) is 0 Å². The van der Waals surface area contributed by atoms with Crippen LogP contribution in [0.4, 0.5) is 0 Å². The topological polar surface area (TPSA) is 0 Å². The van der Waals surface area contributed by atoms with Gasteiger partial charge in [-0.1, -0.05) is 77.5 Å². The van der Waals surface area contributed by atoms with Gasteiger partial charge in [0.05, 0.1) is 0 Å². The minimum atomic E-state index is 0. The minimum Gasteiger partial charge on any atom is -0.273 e. The summed E-state index contributed by atoms with van der Waals surface area (Å²) in [5, 5.41) is 10.8. The van der Waals surface area contributed by atoms with E-state index < -0.39 is 0 Å². The Morgan fingerprint density at radius 1 is 0.591 bits per heavy atom. The van der Waals surface area contributed by atoms with E-state index in [0.717, 1.165) is 15.4 Å². The summed E-state index contributed by atoms with van der Waals surface area (Å²) in [4.78, 5) is 0. The number of hydrogen-bond acceptors (Lipinski definition) is 0. The largest absolute Gasteiger partial charge is 0.273 e. The molecule has 216 valence electrons. The zero-order valence-electron chi connectivity index (χ0n) is 23.6. The SMILES string of the molecule is Brc1ccc([C](=[Zr+2])c2ccc(Br)cc2)cc1.Cl.Cl.[C-]1=CC=CC1.c1ccc2c(c1)[cH-]c1c3ccccc3c3ccccc3c21. The van der Waals surface area contributed by atoms with Crippen LogP contribution in [0.3, 0.4) is 0 Å². The Balaban J connectivity index is 0.000000171. The van der Waals surface area contributed by atoms with Gasteiger partial charge in [-0.2, -0.15) is 6.08 Å². The van der Waals surface area contributed by atoms with E-state index in [1.165, 1.54) is 81.7 Å². The summed E-state index contributed by atoms with van der Waals surface area (Å²) in [6, 6.07) is 45.4. The van der Waals surface area contributed by atoms with E-state index in [2.05, 4.69) is 171 Å². The van der Waals surface area contributed by atoms with Crippen LogP contribution in [0.2, 0.25) is 0 Å². The maximum Gasteiger partial charge on any atom is -0.0255 e. The maximum absolute atomic E-state index is 3.45.